The Morgan fingerprint density at radius 3 is 2.58 bits per heavy atom. The number of methoxy groups -OCH3 is 1. The fourth-order valence-electron chi connectivity index (χ4n) is 3.63. The molecule has 0 amide bonds. The number of rotatable bonds is 6. The van der Waals surface area contributed by atoms with Gasteiger partial charge in [-0.2, -0.15) is 0 Å². The number of aryl methyl sites for hydroxylation is 1. The standard InChI is InChI=1S/C24H21FN4O3S/c1-14-12-28(13-27-14)20-9-6-17(10-21(20)32-3)22(30)19-11-26-24(33)29(23(19)31)15(2)16-4-7-18(25)8-5-16/h4-13,15H,1-3H3,(H,26,33). The average Bonchev–Trinajstić information content (AvgIpc) is 3.24. The molecule has 2 aromatic carbocycles. The predicted molar refractivity (Wildman–Crippen MR) is 124 cm³/mol. The molecule has 7 nitrogen and oxygen atoms in total. The van der Waals surface area contributed by atoms with Gasteiger partial charge in [-0.25, -0.2) is 9.37 Å². The molecule has 1 unspecified atom stereocenters. The monoisotopic (exact) mass is 464 g/mol. The van der Waals surface area contributed by atoms with Crippen LogP contribution in [-0.4, -0.2) is 32.0 Å². The number of hydrogen-bond acceptors (Lipinski definition) is 5. The van der Waals surface area contributed by atoms with Crippen molar-refractivity contribution in [1.29, 1.82) is 0 Å². The van der Waals surface area contributed by atoms with Crippen molar-refractivity contribution in [3.05, 3.63) is 105 Å². The molecule has 1 N–H and O–H groups in total. The lowest BCUT2D eigenvalue weighted by Gasteiger charge is -2.17. The maximum Gasteiger partial charge on any atom is 0.266 e. The van der Waals surface area contributed by atoms with Gasteiger partial charge in [-0.15, -0.1) is 0 Å². The van der Waals surface area contributed by atoms with Crippen molar-refractivity contribution in [2.45, 2.75) is 19.9 Å². The summed E-state index contributed by atoms with van der Waals surface area (Å²) in [5.41, 5.74) is 1.93. The van der Waals surface area contributed by atoms with Gasteiger partial charge >= 0.3 is 0 Å². The number of imidazole rings is 1. The van der Waals surface area contributed by atoms with E-state index in [1.54, 1.807) is 48.1 Å². The number of carbonyl (C=O) groups is 1. The number of aromatic amines is 1. The van der Waals surface area contributed by atoms with Crippen LogP contribution in [0.4, 0.5) is 4.39 Å². The van der Waals surface area contributed by atoms with Crippen molar-refractivity contribution in [3.8, 4) is 11.4 Å². The van der Waals surface area contributed by atoms with Gasteiger partial charge in [-0.05, 0) is 62.0 Å². The summed E-state index contributed by atoms with van der Waals surface area (Å²) >= 11 is 5.31. The Balaban J connectivity index is 1.75. The second-order valence-corrected chi connectivity index (χ2v) is 7.93. The number of ether oxygens (including phenoxy) is 1. The van der Waals surface area contributed by atoms with E-state index in [1.165, 1.54) is 30.0 Å². The summed E-state index contributed by atoms with van der Waals surface area (Å²) in [6, 6.07) is 10.2. The lowest BCUT2D eigenvalue weighted by molar-refractivity contribution is 0.103. The first-order valence-corrected chi connectivity index (χ1v) is 10.5. The molecule has 168 valence electrons. The average molecular weight is 465 g/mol. The third-order valence-electron chi connectivity index (χ3n) is 5.42. The van der Waals surface area contributed by atoms with E-state index in [1.807, 2.05) is 13.1 Å². The zero-order valence-electron chi connectivity index (χ0n) is 18.2. The number of halogens is 1. The molecule has 0 aliphatic rings. The number of nitrogens with zero attached hydrogens (tertiary/aromatic N) is 3. The molecule has 0 radical (unpaired) electrons. The van der Waals surface area contributed by atoms with Crippen LogP contribution in [0.2, 0.25) is 0 Å². The van der Waals surface area contributed by atoms with Crippen molar-refractivity contribution >= 4 is 18.0 Å². The van der Waals surface area contributed by atoms with Crippen molar-refractivity contribution in [1.82, 2.24) is 19.1 Å². The van der Waals surface area contributed by atoms with Gasteiger partial charge in [-0.1, -0.05) is 12.1 Å². The molecule has 0 aliphatic carbocycles. The third-order valence-corrected chi connectivity index (χ3v) is 5.74. The minimum atomic E-state index is -0.533. The number of nitrogens with one attached hydrogen (secondary N) is 1. The quantitative estimate of drug-likeness (QED) is 0.338. The second kappa shape index (κ2) is 8.95. The zero-order chi connectivity index (χ0) is 23.7. The van der Waals surface area contributed by atoms with E-state index in [0.29, 0.717) is 17.0 Å². The Kier molecular flexibility index (Phi) is 6.06. The molecule has 4 aromatic rings. The van der Waals surface area contributed by atoms with E-state index in [-0.39, 0.29) is 21.7 Å². The molecule has 2 aromatic heterocycles. The minimum absolute atomic E-state index is 0.0640. The van der Waals surface area contributed by atoms with Gasteiger partial charge in [0.15, 0.2) is 10.6 Å². The summed E-state index contributed by atoms with van der Waals surface area (Å²) in [6.07, 6.45) is 4.81. The van der Waals surface area contributed by atoms with E-state index in [9.17, 15) is 14.0 Å². The number of ketones is 1. The Labute approximate surface area is 194 Å². The van der Waals surface area contributed by atoms with E-state index in [4.69, 9.17) is 17.0 Å². The summed E-state index contributed by atoms with van der Waals surface area (Å²) in [5, 5.41) is 0. The fourth-order valence-corrected chi connectivity index (χ4v) is 3.93. The molecular weight excluding hydrogens is 443 g/mol. The van der Waals surface area contributed by atoms with Crippen LogP contribution in [-0.2, 0) is 0 Å². The first kappa shape index (κ1) is 22.3. The molecule has 0 spiro atoms. The van der Waals surface area contributed by atoms with E-state index < -0.39 is 17.4 Å². The highest BCUT2D eigenvalue weighted by atomic mass is 32.1. The summed E-state index contributed by atoms with van der Waals surface area (Å²) in [4.78, 5) is 33.6. The lowest BCUT2D eigenvalue weighted by Crippen LogP contribution is -2.30. The summed E-state index contributed by atoms with van der Waals surface area (Å²) in [7, 11) is 1.51. The summed E-state index contributed by atoms with van der Waals surface area (Å²) < 4.78 is 22.1. The molecule has 9 heteroatoms. The van der Waals surface area contributed by atoms with Gasteiger partial charge in [0.1, 0.15) is 17.1 Å². The molecule has 0 saturated carbocycles. The highest BCUT2D eigenvalue weighted by Crippen LogP contribution is 2.25. The van der Waals surface area contributed by atoms with E-state index >= 15 is 0 Å². The molecule has 1 atom stereocenters. The van der Waals surface area contributed by atoms with Crippen LogP contribution in [0.15, 0.2) is 66.0 Å². The maximum absolute atomic E-state index is 13.3. The smallest absolute Gasteiger partial charge is 0.266 e. The molecule has 0 fully saturated rings. The van der Waals surface area contributed by atoms with Gasteiger partial charge in [0.25, 0.3) is 5.56 Å². The highest BCUT2D eigenvalue weighted by molar-refractivity contribution is 7.71. The molecule has 33 heavy (non-hydrogen) atoms. The molecule has 0 bridgehead atoms. The molecule has 4 rings (SSSR count). The van der Waals surface area contributed by atoms with Gasteiger partial charge in [0.2, 0.25) is 0 Å². The first-order chi connectivity index (χ1) is 15.8. The maximum atomic E-state index is 13.3. The third kappa shape index (κ3) is 4.27. The molecule has 2 heterocycles. The second-order valence-electron chi connectivity index (χ2n) is 7.55. The topological polar surface area (TPSA) is 81.9 Å². The Bertz CT molecular complexity index is 1450. The molecular formula is C24H21FN4O3S. The number of hydrogen-bond donors (Lipinski definition) is 1. The van der Waals surface area contributed by atoms with Crippen molar-refractivity contribution < 1.29 is 13.9 Å². The van der Waals surface area contributed by atoms with Gasteiger partial charge in [0.05, 0.1) is 30.9 Å². The van der Waals surface area contributed by atoms with E-state index in [2.05, 4.69) is 9.97 Å². The van der Waals surface area contributed by atoms with Crippen LogP contribution in [0.3, 0.4) is 0 Å². The molecule has 0 aliphatic heterocycles. The number of H-pyrrole nitrogens is 1. The normalized spacial score (nSPS) is 11.9. The SMILES string of the molecule is COc1cc(C(=O)c2c[nH]c(=S)n(C(C)c3ccc(F)cc3)c2=O)ccc1-n1cnc(C)c1. The lowest BCUT2D eigenvalue weighted by atomic mass is 10.0. The van der Waals surface area contributed by atoms with Crippen LogP contribution < -0.4 is 10.3 Å². The van der Waals surface area contributed by atoms with Crippen LogP contribution >= 0.6 is 12.2 Å². The number of aromatic nitrogens is 4. The van der Waals surface area contributed by atoms with Crippen LogP contribution in [0.1, 0.15) is 40.1 Å². The fraction of sp³-hybridized carbons (Fsp3) is 0.167. The highest BCUT2D eigenvalue weighted by Gasteiger charge is 2.20. The van der Waals surface area contributed by atoms with Crippen LogP contribution in [0.5, 0.6) is 5.75 Å². The molecule has 0 saturated heterocycles. The van der Waals surface area contributed by atoms with Gasteiger partial charge in [-0.3, -0.25) is 14.2 Å². The minimum Gasteiger partial charge on any atom is -0.495 e. The number of benzene rings is 2. The first-order valence-electron chi connectivity index (χ1n) is 10.1. The summed E-state index contributed by atoms with van der Waals surface area (Å²) in [5.74, 6) is -0.393. The Hall–Kier alpha value is -3.85. The summed E-state index contributed by atoms with van der Waals surface area (Å²) in [6.45, 7) is 3.63. The number of carbonyl (C=O) groups excluding carboxylic acids is 1. The predicted octanol–water partition coefficient (Wildman–Crippen LogP) is 4.39. The van der Waals surface area contributed by atoms with Crippen molar-refractivity contribution in [2.24, 2.45) is 0 Å². The van der Waals surface area contributed by atoms with Crippen molar-refractivity contribution in [2.75, 3.05) is 7.11 Å². The van der Waals surface area contributed by atoms with Gasteiger partial charge in [0, 0.05) is 18.0 Å². The zero-order valence-corrected chi connectivity index (χ0v) is 19.0. The van der Waals surface area contributed by atoms with Crippen molar-refractivity contribution in [3.63, 3.8) is 0 Å². The largest absolute Gasteiger partial charge is 0.495 e. The Morgan fingerprint density at radius 1 is 1.21 bits per heavy atom. The van der Waals surface area contributed by atoms with Crippen LogP contribution in [0.25, 0.3) is 5.69 Å². The van der Waals surface area contributed by atoms with E-state index in [0.717, 1.165) is 5.69 Å². The van der Waals surface area contributed by atoms with Crippen LogP contribution in [0, 0.1) is 17.5 Å². The van der Waals surface area contributed by atoms with Gasteiger partial charge < -0.3 is 14.3 Å². The Morgan fingerprint density at radius 2 is 1.94 bits per heavy atom.